The molecule has 2 aliphatic heterocycles. The summed E-state index contributed by atoms with van der Waals surface area (Å²) in [6.45, 7) is 2.39. The van der Waals surface area contributed by atoms with Gasteiger partial charge in [0.2, 0.25) is 5.91 Å². The molecule has 2 saturated heterocycles. The number of piperidine rings is 1. The summed E-state index contributed by atoms with van der Waals surface area (Å²) < 4.78 is 14.9. The molecule has 242 valence electrons. The minimum absolute atomic E-state index is 0.0246. The number of aromatic amines is 1. The van der Waals surface area contributed by atoms with Crippen molar-refractivity contribution in [1.82, 2.24) is 14.5 Å². The number of rotatable bonds is 11. The summed E-state index contributed by atoms with van der Waals surface area (Å²) in [5, 5.41) is 21.1. The maximum Gasteiger partial charge on any atom is 0.326 e. The van der Waals surface area contributed by atoms with Crippen LogP contribution in [0.2, 0.25) is 0 Å². The normalized spacial score (nSPS) is 20.9. The number of hydrogen-bond acceptors (Lipinski definition) is 7. The molecular formula is C35H40N4O7. The highest BCUT2D eigenvalue weighted by Crippen LogP contribution is 2.39. The van der Waals surface area contributed by atoms with E-state index in [9.17, 15) is 19.5 Å². The first-order valence-electron chi connectivity index (χ1n) is 15.9. The SMILES string of the molecule is O=C(O)CCCC(=O)Nc1ccc([C@H]2O[C@@H](CN3CCC(n4c(=O)[nH]c5ccccc54)CC3)C[C@@H](c3ccc(CO)cc3)O2)cc1. The second-order valence-corrected chi connectivity index (χ2v) is 12.1. The molecule has 4 aromatic rings. The number of ether oxygens (including phenoxy) is 2. The van der Waals surface area contributed by atoms with E-state index in [1.807, 2.05) is 65.2 Å². The zero-order valence-corrected chi connectivity index (χ0v) is 25.6. The summed E-state index contributed by atoms with van der Waals surface area (Å²) in [6, 6.07) is 23.1. The molecule has 3 aromatic carbocycles. The van der Waals surface area contributed by atoms with E-state index < -0.39 is 12.3 Å². The van der Waals surface area contributed by atoms with Gasteiger partial charge >= 0.3 is 11.7 Å². The van der Waals surface area contributed by atoms with Crippen molar-refractivity contribution < 1.29 is 29.3 Å². The fraction of sp³-hybridized carbons (Fsp3) is 0.400. The Kier molecular flexibility index (Phi) is 9.94. The van der Waals surface area contributed by atoms with Gasteiger partial charge in [0.05, 0.1) is 29.8 Å². The fourth-order valence-electron chi connectivity index (χ4n) is 6.47. The molecule has 2 aliphatic rings. The van der Waals surface area contributed by atoms with Crippen LogP contribution in [0, 0.1) is 0 Å². The van der Waals surface area contributed by atoms with E-state index in [-0.39, 0.29) is 55.7 Å². The van der Waals surface area contributed by atoms with E-state index >= 15 is 0 Å². The number of aliphatic carboxylic acids is 1. The summed E-state index contributed by atoms with van der Waals surface area (Å²) in [7, 11) is 0. The molecule has 1 amide bonds. The van der Waals surface area contributed by atoms with Crippen LogP contribution in [-0.4, -0.2) is 62.3 Å². The number of aliphatic hydroxyl groups is 1. The van der Waals surface area contributed by atoms with E-state index in [0.29, 0.717) is 12.1 Å². The maximum absolute atomic E-state index is 12.8. The van der Waals surface area contributed by atoms with E-state index in [2.05, 4.69) is 15.2 Å². The average Bonchev–Trinajstić information content (AvgIpc) is 3.40. The second-order valence-electron chi connectivity index (χ2n) is 12.1. The highest BCUT2D eigenvalue weighted by molar-refractivity contribution is 5.90. The Bertz CT molecular complexity index is 1690. The van der Waals surface area contributed by atoms with Gasteiger partial charge < -0.3 is 34.9 Å². The highest BCUT2D eigenvalue weighted by atomic mass is 16.7. The van der Waals surface area contributed by atoms with Crippen LogP contribution >= 0.6 is 0 Å². The molecule has 0 spiro atoms. The van der Waals surface area contributed by atoms with Crippen LogP contribution in [0.4, 0.5) is 5.69 Å². The number of imidazole rings is 1. The van der Waals surface area contributed by atoms with Gasteiger partial charge in [-0.05, 0) is 54.7 Å². The van der Waals surface area contributed by atoms with E-state index in [0.717, 1.165) is 60.2 Å². The lowest BCUT2D eigenvalue weighted by Crippen LogP contribution is -2.43. The summed E-state index contributed by atoms with van der Waals surface area (Å²) in [5.41, 5.74) is 5.03. The number of benzene rings is 3. The number of H-pyrrole nitrogens is 1. The molecule has 46 heavy (non-hydrogen) atoms. The number of nitrogens with one attached hydrogen (secondary N) is 2. The molecule has 11 heteroatoms. The standard InChI is InChI=1S/C35H40N4O7/c40-22-23-8-10-24(11-9-23)31-20-28(21-38-18-16-27(17-19-38)39-30-5-2-1-4-29(30)37-35(39)44)45-34(46-31)25-12-14-26(15-13-25)36-32(41)6-3-7-33(42)43/h1-2,4-5,8-15,27-28,31,34,40H,3,6-7,16-22H2,(H,36,41)(H,37,44)(H,42,43)/t28-,31+,34+/m1/s1. The van der Waals surface area contributed by atoms with Crippen molar-refractivity contribution >= 4 is 28.6 Å². The number of aliphatic hydroxyl groups excluding tert-OH is 1. The first-order valence-corrected chi connectivity index (χ1v) is 15.9. The third kappa shape index (κ3) is 7.56. The number of hydrogen-bond donors (Lipinski definition) is 4. The van der Waals surface area contributed by atoms with Gasteiger partial charge in [-0.3, -0.25) is 14.2 Å². The minimum Gasteiger partial charge on any atom is -0.481 e. The van der Waals surface area contributed by atoms with E-state index in [1.165, 1.54) is 0 Å². The summed E-state index contributed by atoms with van der Waals surface area (Å²) in [5.74, 6) is -1.15. The van der Waals surface area contributed by atoms with Gasteiger partial charge in [0, 0.05) is 56.2 Å². The van der Waals surface area contributed by atoms with Gasteiger partial charge in [-0.1, -0.05) is 48.5 Å². The zero-order chi connectivity index (χ0) is 32.0. The Morgan fingerprint density at radius 1 is 0.913 bits per heavy atom. The molecule has 6 rings (SSSR count). The zero-order valence-electron chi connectivity index (χ0n) is 25.6. The molecule has 4 N–H and O–H groups in total. The first-order chi connectivity index (χ1) is 22.4. The van der Waals surface area contributed by atoms with Gasteiger partial charge in [0.25, 0.3) is 0 Å². The average molecular weight is 629 g/mol. The third-order valence-electron chi connectivity index (χ3n) is 8.88. The lowest BCUT2D eigenvalue weighted by Gasteiger charge is -2.40. The molecule has 0 bridgehead atoms. The maximum atomic E-state index is 12.8. The topological polar surface area (TPSA) is 146 Å². The molecule has 0 saturated carbocycles. The number of likely N-dealkylation sites (tertiary alicyclic amines) is 1. The number of aromatic nitrogens is 2. The number of carbonyl (C=O) groups is 2. The van der Waals surface area contributed by atoms with Crippen molar-refractivity contribution in [3.63, 3.8) is 0 Å². The quantitative estimate of drug-likeness (QED) is 0.184. The third-order valence-corrected chi connectivity index (χ3v) is 8.88. The predicted molar refractivity (Wildman–Crippen MR) is 172 cm³/mol. The predicted octanol–water partition coefficient (Wildman–Crippen LogP) is 4.90. The van der Waals surface area contributed by atoms with Crippen LogP contribution in [0.5, 0.6) is 0 Å². The summed E-state index contributed by atoms with van der Waals surface area (Å²) in [4.78, 5) is 41.1. The van der Waals surface area contributed by atoms with Crippen LogP contribution in [0.15, 0.2) is 77.6 Å². The Balaban J connectivity index is 1.12. The van der Waals surface area contributed by atoms with Gasteiger partial charge in [0.15, 0.2) is 6.29 Å². The number of carbonyl (C=O) groups excluding carboxylic acids is 1. The summed E-state index contributed by atoms with van der Waals surface area (Å²) in [6.07, 6.45) is 1.82. The molecule has 0 radical (unpaired) electrons. The van der Waals surface area contributed by atoms with Gasteiger partial charge in [0.1, 0.15) is 0 Å². The Morgan fingerprint density at radius 2 is 1.63 bits per heavy atom. The van der Waals surface area contributed by atoms with Crippen LogP contribution in [0.1, 0.15) is 73.7 Å². The van der Waals surface area contributed by atoms with Crippen LogP contribution in [0.3, 0.4) is 0 Å². The van der Waals surface area contributed by atoms with Gasteiger partial charge in [-0.25, -0.2) is 4.79 Å². The largest absolute Gasteiger partial charge is 0.481 e. The van der Waals surface area contributed by atoms with Crippen molar-refractivity contribution in [2.75, 3.05) is 25.0 Å². The van der Waals surface area contributed by atoms with E-state index in [1.54, 1.807) is 12.1 Å². The van der Waals surface area contributed by atoms with Gasteiger partial charge in [-0.2, -0.15) is 0 Å². The number of carboxylic acids is 1. The lowest BCUT2D eigenvalue weighted by atomic mass is 9.98. The summed E-state index contributed by atoms with van der Waals surface area (Å²) >= 11 is 0. The number of nitrogens with zero attached hydrogens (tertiary/aromatic N) is 2. The molecule has 3 heterocycles. The smallest absolute Gasteiger partial charge is 0.326 e. The number of carboxylic acid groups (broad SMARTS) is 1. The van der Waals surface area contributed by atoms with Crippen LogP contribution in [-0.2, 0) is 25.7 Å². The van der Waals surface area contributed by atoms with Gasteiger partial charge in [-0.15, -0.1) is 0 Å². The molecule has 1 aromatic heterocycles. The van der Waals surface area contributed by atoms with Crippen molar-refractivity contribution in [2.24, 2.45) is 0 Å². The highest BCUT2D eigenvalue weighted by Gasteiger charge is 2.34. The number of amides is 1. The molecule has 2 fully saturated rings. The number of fused-ring (bicyclic) bond motifs is 1. The first kappa shape index (κ1) is 31.7. The van der Waals surface area contributed by atoms with Crippen molar-refractivity contribution in [3.05, 3.63) is 100.0 Å². The van der Waals surface area contributed by atoms with Crippen molar-refractivity contribution in [3.8, 4) is 0 Å². The second kappa shape index (κ2) is 14.4. The van der Waals surface area contributed by atoms with Crippen molar-refractivity contribution in [2.45, 2.75) is 69.7 Å². The molecule has 3 atom stereocenters. The number of anilines is 1. The number of para-hydroxylation sites is 2. The molecule has 0 unspecified atom stereocenters. The van der Waals surface area contributed by atoms with Crippen LogP contribution in [0.25, 0.3) is 11.0 Å². The molecule has 0 aliphatic carbocycles. The molecular weight excluding hydrogens is 588 g/mol. The Hall–Kier alpha value is -4.29. The lowest BCUT2D eigenvalue weighted by molar-refractivity contribution is -0.253. The molecule has 11 nitrogen and oxygen atoms in total. The monoisotopic (exact) mass is 628 g/mol. The minimum atomic E-state index is -0.919. The Morgan fingerprint density at radius 3 is 2.35 bits per heavy atom. The van der Waals surface area contributed by atoms with E-state index in [4.69, 9.17) is 14.6 Å². The van der Waals surface area contributed by atoms with Crippen LogP contribution < -0.4 is 11.0 Å². The fourth-order valence-corrected chi connectivity index (χ4v) is 6.47. The Labute approximate surface area is 266 Å². The van der Waals surface area contributed by atoms with Crippen molar-refractivity contribution in [1.29, 1.82) is 0 Å².